The molecule has 0 fully saturated rings. The van der Waals surface area contributed by atoms with Gasteiger partial charge in [-0.2, -0.15) is 0 Å². The summed E-state index contributed by atoms with van der Waals surface area (Å²) in [5.74, 6) is 0.752. The van der Waals surface area contributed by atoms with Crippen molar-refractivity contribution in [3.05, 3.63) is 58.9 Å². The molecule has 0 amide bonds. The van der Waals surface area contributed by atoms with Gasteiger partial charge in [0.1, 0.15) is 12.4 Å². The molecule has 2 aromatic rings. The van der Waals surface area contributed by atoms with Crippen LogP contribution in [0, 0.1) is 0 Å². The Bertz CT molecular complexity index is 502. The number of benzene rings is 1. The quantitative estimate of drug-likeness (QED) is 0.905. The molecular formula is C13H13ClN2O. The molecule has 1 aromatic heterocycles. The van der Waals surface area contributed by atoms with Crippen LogP contribution in [0.5, 0.6) is 5.75 Å². The lowest BCUT2D eigenvalue weighted by molar-refractivity contribution is 0.302. The van der Waals surface area contributed by atoms with E-state index in [0.29, 0.717) is 18.2 Å². The summed E-state index contributed by atoms with van der Waals surface area (Å²) in [6.07, 6.45) is 3.39. The summed E-state index contributed by atoms with van der Waals surface area (Å²) < 4.78 is 5.69. The van der Waals surface area contributed by atoms with Crippen LogP contribution in [0.2, 0.25) is 5.02 Å². The number of rotatable bonds is 4. The van der Waals surface area contributed by atoms with E-state index in [1.807, 2.05) is 24.3 Å². The number of hydrogen-bond acceptors (Lipinski definition) is 3. The summed E-state index contributed by atoms with van der Waals surface area (Å²) in [6.45, 7) is 0.836. The van der Waals surface area contributed by atoms with Crippen LogP contribution in [0.25, 0.3) is 0 Å². The van der Waals surface area contributed by atoms with Crippen molar-refractivity contribution >= 4 is 11.6 Å². The second kappa shape index (κ2) is 5.66. The van der Waals surface area contributed by atoms with Crippen LogP contribution in [0.3, 0.4) is 0 Å². The van der Waals surface area contributed by atoms with E-state index in [4.69, 9.17) is 22.1 Å². The minimum absolute atomic E-state index is 0.408. The van der Waals surface area contributed by atoms with Crippen molar-refractivity contribution in [1.82, 2.24) is 4.98 Å². The maximum absolute atomic E-state index is 6.05. The molecule has 1 aromatic carbocycles. The molecule has 1 heterocycles. The summed E-state index contributed by atoms with van der Waals surface area (Å²) >= 11 is 6.05. The molecule has 88 valence electrons. The summed E-state index contributed by atoms with van der Waals surface area (Å²) in [5.41, 5.74) is 7.44. The minimum atomic E-state index is 0.408. The Hall–Kier alpha value is -1.58. The summed E-state index contributed by atoms with van der Waals surface area (Å²) in [5, 5.41) is 0.704. The molecule has 0 aliphatic carbocycles. The standard InChI is InChI=1S/C13H13ClN2O/c14-12-4-2-1-3-10(12)9-17-13-5-6-16-8-11(13)7-15/h1-6,8H,7,9,15H2. The molecule has 0 saturated carbocycles. The van der Waals surface area contributed by atoms with Gasteiger partial charge in [-0.05, 0) is 12.1 Å². The maximum Gasteiger partial charge on any atom is 0.127 e. The molecular weight excluding hydrogens is 236 g/mol. The molecule has 4 heteroatoms. The van der Waals surface area contributed by atoms with Gasteiger partial charge in [-0.15, -0.1) is 0 Å². The van der Waals surface area contributed by atoms with Gasteiger partial charge in [-0.3, -0.25) is 4.98 Å². The van der Waals surface area contributed by atoms with Crippen molar-refractivity contribution in [3.63, 3.8) is 0 Å². The average molecular weight is 249 g/mol. The van der Waals surface area contributed by atoms with Gasteiger partial charge in [0.15, 0.2) is 0 Å². The SMILES string of the molecule is NCc1cnccc1OCc1ccccc1Cl. The molecule has 0 bridgehead atoms. The van der Waals surface area contributed by atoms with E-state index in [2.05, 4.69) is 4.98 Å². The van der Waals surface area contributed by atoms with Gasteiger partial charge in [0.25, 0.3) is 0 Å². The second-order valence-corrected chi connectivity index (χ2v) is 3.97. The van der Waals surface area contributed by atoms with Crippen LogP contribution in [0.1, 0.15) is 11.1 Å². The van der Waals surface area contributed by atoms with E-state index in [1.165, 1.54) is 0 Å². The number of nitrogens with two attached hydrogens (primary N) is 1. The summed E-state index contributed by atoms with van der Waals surface area (Å²) in [4.78, 5) is 4.00. The second-order valence-electron chi connectivity index (χ2n) is 3.57. The molecule has 0 spiro atoms. The third-order valence-electron chi connectivity index (χ3n) is 2.42. The molecule has 0 aliphatic heterocycles. The molecule has 0 unspecified atom stereocenters. The fourth-order valence-electron chi connectivity index (χ4n) is 1.48. The highest BCUT2D eigenvalue weighted by Crippen LogP contribution is 2.20. The normalized spacial score (nSPS) is 10.2. The minimum Gasteiger partial charge on any atom is -0.488 e. The number of hydrogen-bond donors (Lipinski definition) is 1. The van der Waals surface area contributed by atoms with Gasteiger partial charge < -0.3 is 10.5 Å². The Balaban J connectivity index is 2.10. The van der Waals surface area contributed by atoms with E-state index in [1.54, 1.807) is 18.5 Å². The van der Waals surface area contributed by atoms with E-state index >= 15 is 0 Å². The third-order valence-corrected chi connectivity index (χ3v) is 2.79. The number of halogens is 1. The van der Waals surface area contributed by atoms with Crippen molar-refractivity contribution in [3.8, 4) is 5.75 Å². The molecule has 3 nitrogen and oxygen atoms in total. The molecule has 0 radical (unpaired) electrons. The summed E-state index contributed by atoms with van der Waals surface area (Å²) in [7, 11) is 0. The van der Waals surface area contributed by atoms with Crippen LogP contribution in [0.15, 0.2) is 42.7 Å². The van der Waals surface area contributed by atoms with Crippen molar-refractivity contribution in [2.75, 3.05) is 0 Å². The molecule has 17 heavy (non-hydrogen) atoms. The first-order valence-electron chi connectivity index (χ1n) is 5.30. The van der Waals surface area contributed by atoms with Gasteiger partial charge >= 0.3 is 0 Å². The van der Waals surface area contributed by atoms with E-state index in [9.17, 15) is 0 Å². The van der Waals surface area contributed by atoms with Crippen LogP contribution < -0.4 is 10.5 Å². The first kappa shape index (κ1) is 11.9. The van der Waals surface area contributed by atoms with Crippen LogP contribution in [-0.4, -0.2) is 4.98 Å². The predicted molar refractivity (Wildman–Crippen MR) is 67.9 cm³/mol. The van der Waals surface area contributed by atoms with Gasteiger partial charge in [0, 0.05) is 35.1 Å². The topological polar surface area (TPSA) is 48.1 Å². The van der Waals surface area contributed by atoms with Crippen molar-refractivity contribution in [2.45, 2.75) is 13.2 Å². The highest BCUT2D eigenvalue weighted by molar-refractivity contribution is 6.31. The molecule has 2 N–H and O–H groups in total. The fourth-order valence-corrected chi connectivity index (χ4v) is 1.67. The molecule has 0 saturated heterocycles. The lowest BCUT2D eigenvalue weighted by Gasteiger charge is -2.10. The zero-order valence-electron chi connectivity index (χ0n) is 9.27. The predicted octanol–water partition coefficient (Wildman–Crippen LogP) is 2.77. The van der Waals surface area contributed by atoms with Crippen molar-refractivity contribution < 1.29 is 4.74 Å². The monoisotopic (exact) mass is 248 g/mol. The Morgan fingerprint density at radius 2 is 2.00 bits per heavy atom. The van der Waals surface area contributed by atoms with Crippen LogP contribution >= 0.6 is 11.6 Å². The number of nitrogens with zero attached hydrogens (tertiary/aromatic N) is 1. The van der Waals surface area contributed by atoms with Gasteiger partial charge in [0.05, 0.1) is 0 Å². The smallest absolute Gasteiger partial charge is 0.127 e. The van der Waals surface area contributed by atoms with Gasteiger partial charge in [0.2, 0.25) is 0 Å². The average Bonchev–Trinajstić information content (AvgIpc) is 2.38. The van der Waals surface area contributed by atoms with Crippen molar-refractivity contribution in [1.29, 1.82) is 0 Å². The Labute approximate surface area is 105 Å². The first-order chi connectivity index (χ1) is 8.31. The Kier molecular flexibility index (Phi) is 3.96. The van der Waals surface area contributed by atoms with E-state index in [0.717, 1.165) is 16.9 Å². The molecule has 0 atom stereocenters. The maximum atomic E-state index is 6.05. The number of ether oxygens (including phenoxy) is 1. The summed E-state index contributed by atoms with van der Waals surface area (Å²) in [6, 6.07) is 9.41. The van der Waals surface area contributed by atoms with Crippen LogP contribution in [-0.2, 0) is 13.2 Å². The number of aromatic nitrogens is 1. The van der Waals surface area contributed by atoms with Crippen molar-refractivity contribution in [2.24, 2.45) is 5.73 Å². The van der Waals surface area contributed by atoms with E-state index < -0.39 is 0 Å². The highest BCUT2D eigenvalue weighted by Gasteiger charge is 2.04. The Morgan fingerprint density at radius 1 is 1.18 bits per heavy atom. The van der Waals surface area contributed by atoms with Crippen LogP contribution in [0.4, 0.5) is 0 Å². The molecule has 2 rings (SSSR count). The lowest BCUT2D eigenvalue weighted by atomic mass is 10.2. The van der Waals surface area contributed by atoms with E-state index in [-0.39, 0.29) is 0 Å². The highest BCUT2D eigenvalue weighted by atomic mass is 35.5. The zero-order chi connectivity index (χ0) is 12.1. The zero-order valence-corrected chi connectivity index (χ0v) is 10.0. The first-order valence-corrected chi connectivity index (χ1v) is 5.68. The number of pyridine rings is 1. The Morgan fingerprint density at radius 3 is 2.76 bits per heavy atom. The molecule has 0 aliphatic rings. The fraction of sp³-hybridized carbons (Fsp3) is 0.154. The van der Waals surface area contributed by atoms with Gasteiger partial charge in [-0.25, -0.2) is 0 Å². The largest absolute Gasteiger partial charge is 0.488 e. The third kappa shape index (κ3) is 2.96. The lowest BCUT2D eigenvalue weighted by Crippen LogP contribution is -2.03. The van der Waals surface area contributed by atoms with Gasteiger partial charge in [-0.1, -0.05) is 29.8 Å².